The van der Waals surface area contributed by atoms with E-state index in [1.165, 1.54) is 38.5 Å². The van der Waals surface area contributed by atoms with Crippen molar-refractivity contribution < 1.29 is 0 Å². The molecule has 0 N–H and O–H groups in total. The normalized spacial score (nSPS) is 13.0. The minimum absolute atomic E-state index is 0.909. The van der Waals surface area contributed by atoms with Gasteiger partial charge in [0, 0.05) is 0 Å². The first-order valence-corrected chi connectivity index (χ1v) is 5.45. The highest BCUT2D eigenvalue weighted by molar-refractivity contribution is 4.78. The lowest BCUT2D eigenvalue weighted by Crippen LogP contribution is -1.98. The van der Waals surface area contributed by atoms with Crippen molar-refractivity contribution >= 4 is 0 Å². The fourth-order valence-electron chi connectivity index (χ4n) is 1.72. The molecule has 0 fully saturated rings. The van der Waals surface area contributed by atoms with Crippen molar-refractivity contribution in [3.8, 4) is 0 Å². The molecule has 0 radical (unpaired) electrons. The predicted molar refractivity (Wildman–Crippen MR) is 57.1 cm³/mol. The number of hydrogen-bond donors (Lipinski definition) is 0. The maximum absolute atomic E-state index is 2.37. The molecule has 0 saturated carbocycles. The van der Waals surface area contributed by atoms with E-state index >= 15 is 0 Å². The molecule has 72 valence electrons. The zero-order chi connectivity index (χ0) is 9.40. The maximum Gasteiger partial charge on any atom is 0.0919 e. The van der Waals surface area contributed by atoms with Crippen molar-refractivity contribution in [3.63, 3.8) is 0 Å². The third-order valence-electron chi connectivity index (χ3n) is 2.31. The summed E-state index contributed by atoms with van der Waals surface area (Å²) in [5.74, 6) is 2.49. The predicted octanol–water partition coefficient (Wildman–Crippen LogP) is 4.60. The highest BCUT2D eigenvalue weighted by atomic mass is 14.1. The van der Waals surface area contributed by atoms with Crippen LogP contribution in [0.15, 0.2) is 0 Å². The van der Waals surface area contributed by atoms with E-state index < -0.39 is 0 Å². The first kappa shape index (κ1) is 11.9. The van der Waals surface area contributed by atoms with Crippen LogP contribution < -0.4 is 0 Å². The van der Waals surface area contributed by atoms with E-state index in [1.54, 1.807) is 5.92 Å². The van der Waals surface area contributed by atoms with Gasteiger partial charge in [-0.3, -0.25) is 0 Å². The van der Waals surface area contributed by atoms with Gasteiger partial charge in [-0.05, 0) is 12.3 Å². The molecule has 0 nitrogen and oxygen atoms in total. The Morgan fingerprint density at radius 2 is 1.75 bits per heavy atom. The van der Waals surface area contributed by atoms with E-state index in [2.05, 4.69) is 27.7 Å². The molecule has 0 aliphatic heterocycles. The molecule has 0 heterocycles. The van der Waals surface area contributed by atoms with Crippen molar-refractivity contribution in [1.29, 1.82) is 0 Å². The van der Waals surface area contributed by atoms with Gasteiger partial charge in [0.25, 0.3) is 0 Å². The SMILES string of the molecule is CCCCCCC(C)C[C+](C)C. The molecule has 0 rings (SSSR count). The van der Waals surface area contributed by atoms with Crippen LogP contribution in [-0.2, 0) is 0 Å². The van der Waals surface area contributed by atoms with Crippen molar-refractivity contribution in [1.82, 2.24) is 0 Å². The Kier molecular flexibility index (Phi) is 7.43. The summed E-state index contributed by atoms with van der Waals surface area (Å²) >= 11 is 0. The molecule has 1 atom stereocenters. The largest absolute Gasteiger partial charge is 0.0919 e. The minimum atomic E-state index is 0.909. The molecule has 0 aliphatic carbocycles. The molecular formula is C12H25+. The summed E-state index contributed by atoms with van der Waals surface area (Å²) in [7, 11) is 0. The second-order valence-corrected chi connectivity index (χ2v) is 4.37. The number of rotatable bonds is 7. The van der Waals surface area contributed by atoms with Crippen LogP contribution in [0.4, 0.5) is 0 Å². The van der Waals surface area contributed by atoms with Crippen LogP contribution in [0.3, 0.4) is 0 Å². The van der Waals surface area contributed by atoms with Gasteiger partial charge in [0.2, 0.25) is 0 Å². The van der Waals surface area contributed by atoms with Gasteiger partial charge >= 0.3 is 0 Å². The molecule has 1 unspecified atom stereocenters. The molecule has 0 aromatic carbocycles. The maximum atomic E-state index is 2.37. The van der Waals surface area contributed by atoms with Crippen molar-refractivity contribution in [2.45, 2.75) is 66.2 Å². The molecule has 0 heteroatoms. The third-order valence-corrected chi connectivity index (χ3v) is 2.31. The molecule has 12 heavy (non-hydrogen) atoms. The lowest BCUT2D eigenvalue weighted by molar-refractivity contribution is 0.468. The van der Waals surface area contributed by atoms with E-state index in [1.807, 2.05) is 0 Å². The monoisotopic (exact) mass is 169 g/mol. The van der Waals surface area contributed by atoms with Crippen LogP contribution >= 0.6 is 0 Å². The Bertz CT molecular complexity index is 84.0. The summed E-state index contributed by atoms with van der Waals surface area (Å²) < 4.78 is 0. The van der Waals surface area contributed by atoms with Crippen molar-refractivity contribution in [2.75, 3.05) is 0 Å². The van der Waals surface area contributed by atoms with Gasteiger partial charge in [0.1, 0.15) is 0 Å². The topological polar surface area (TPSA) is 0 Å². The average molecular weight is 169 g/mol. The second kappa shape index (κ2) is 7.52. The number of hydrogen-bond acceptors (Lipinski definition) is 0. The summed E-state index contributed by atoms with van der Waals surface area (Å²) in [6.07, 6.45) is 8.39. The van der Waals surface area contributed by atoms with E-state index in [0.29, 0.717) is 0 Å². The molecule has 0 amide bonds. The van der Waals surface area contributed by atoms with E-state index in [0.717, 1.165) is 5.92 Å². The van der Waals surface area contributed by atoms with Gasteiger partial charge < -0.3 is 0 Å². The van der Waals surface area contributed by atoms with Crippen LogP contribution in [0.2, 0.25) is 0 Å². The quantitative estimate of drug-likeness (QED) is 0.386. The summed E-state index contributed by atoms with van der Waals surface area (Å²) in [4.78, 5) is 0. The fraction of sp³-hybridized carbons (Fsp3) is 0.917. The Balaban J connectivity index is 3.14. The van der Waals surface area contributed by atoms with Gasteiger partial charge in [0.05, 0.1) is 26.2 Å². The first-order valence-electron chi connectivity index (χ1n) is 5.45. The van der Waals surface area contributed by atoms with Gasteiger partial charge in [0.15, 0.2) is 0 Å². The molecule has 0 aromatic heterocycles. The van der Waals surface area contributed by atoms with Crippen molar-refractivity contribution in [3.05, 3.63) is 5.92 Å². The molecule has 0 aromatic rings. The van der Waals surface area contributed by atoms with E-state index in [4.69, 9.17) is 0 Å². The molecule has 0 bridgehead atoms. The van der Waals surface area contributed by atoms with E-state index in [9.17, 15) is 0 Å². The second-order valence-electron chi connectivity index (χ2n) is 4.37. The van der Waals surface area contributed by atoms with Crippen LogP contribution in [0.1, 0.15) is 66.2 Å². The summed E-state index contributed by atoms with van der Waals surface area (Å²) in [5, 5.41) is 0. The standard InChI is InChI=1S/C12H25/c1-5-6-7-8-9-12(4)10-11(2)3/h12H,5-10H2,1-4H3/q+1. The highest BCUT2D eigenvalue weighted by Gasteiger charge is 2.11. The Labute approximate surface area is 78.8 Å². The molecular weight excluding hydrogens is 144 g/mol. The zero-order valence-corrected chi connectivity index (χ0v) is 9.32. The van der Waals surface area contributed by atoms with Crippen LogP contribution in [0.25, 0.3) is 0 Å². The Morgan fingerprint density at radius 1 is 1.08 bits per heavy atom. The van der Waals surface area contributed by atoms with Gasteiger partial charge in [-0.25, -0.2) is 0 Å². The lowest BCUT2D eigenvalue weighted by Gasteiger charge is -2.07. The molecule has 0 saturated heterocycles. The highest BCUT2D eigenvalue weighted by Crippen LogP contribution is 2.18. The zero-order valence-electron chi connectivity index (χ0n) is 9.32. The van der Waals surface area contributed by atoms with Crippen LogP contribution in [0.5, 0.6) is 0 Å². The van der Waals surface area contributed by atoms with Crippen LogP contribution in [-0.4, -0.2) is 0 Å². The van der Waals surface area contributed by atoms with Gasteiger partial charge in [-0.15, -0.1) is 0 Å². The average Bonchev–Trinajstić information content (AvgIpc) is 1.97. The van der Waals surface area contributed by atoms with Crippen molar-refractivity contribution in [2.24, 2.45) is 5.92 Å². The summed E-state index contributed by atoms with van der Waals surface area (Å²) in [5.41, 5.74) is 0. The smallest absolute Gasteiger partial charge is 0.0654 e. The van der Waals surface area contributed by atoms with Crippen LogP contribution in [0, 0.1) is 11.8 Å². The van der Waals surface area contributed by atoms with Gasteiger partial charge in [-0.2, -0.15) is 0 Å². The van der Waals surface area contributed by atoms with Gasteiger partial charge in [-0.1, -0.05) is 39.5 Å². The minimum Gasteiger partial charge on any atom is -0.0654 e. The first-order chi connectivity index (χ1) is 5.66. The summed E-state index contributed by atoms with van der Waals surface area (Å²) in [6, 6.07) is 0. The lowest BCUT2D eigenvalue weighted by atomic mass is 9.94. The molecule has 0 aliphatic rings. The summed E-state index contributed by atoms with van der Waals surface area (Å²) in [6.45, 7) is 9.12. The Morgan fingerprint density at radius 3 is 2.25 bits per heavy atom. The van der Waals surface area contributed by atoms with E-state index in [-0.39, 0.29) is 0 Å². The Hall–Kier alpha value is -0.130. The number of unbranched alkanes of at least 4 members (excludes halogenated alkanes) is 3. The molecule has 0 spiro atoms. The fourth-order valence-corrected chi connectivity index (χ4v) is 1.72. The third kappa shape index (κ3) is 7.97.